The molecule has 2 aliphatic heterocycles. The van der Waals surface area contributed by atoms with Crippen LogP contribution in [0.5, 0.6) is 0 Å². The number of furan rings is 2. The van der Waals surface area contributed by atoms with E-state index in [1.807, 2.05) is 144 Å². The molecule has 8 nitrogen and oxygen atoms in total. The molecule has 0 bridgehead atoms. The van der Waals surface area contributed by atoms with Gasteiger partial charge in [-0.3, -0.25) is 0 Å². The summed E-state index contributed by atoms with van der Waals surface area (Å²) in [6.45, 7) is -4.86. The fourth-order valence-electron chi connectivity index (χ4n) is 10.4. The third-order valence-corrected chi connectivity index (χ3v) is 13.9. The van der Waals surface area contributed by atoms with Crippen molar-refractivity contribution >= 4 is 125 Å². The number of aryl methyl sites for hydroxylation is 2. The molecule has 354 valence electrons. The third-order valence-electron chi connectivity index (χ3n) is 13.5. The largest absolute Gasteiger partial charge is 0.450 e. The Labute approximate surface area is 443 Å². The van der Waals surface area contributed by atoms with Crippen molar-refractivity contribution in [1.29, 1.82) is 0 Å². The van der Waals surface area contributed by atoms with E-state index in [0.29, 0.717) is 21.8 Å². The van der Waals surface area contributed by atoms with Crippen LogP contribution in [0.15, 0.2) is 252 Å². The summed E-state index contributed by atoms with van der Waals surface area (Å²) in [6, 6.07) is 78.0. The monoisotopic (exact) mass is 982 g/mol. The molecule has 0 N–H and O–H groups in total. The van der Waals surface area contributed by atoms with Gasteiger partial charge in [0.2, 0.25) is 11.4 Å². The molecule has 74 heavy (non-hydrogen) atoms. The maximum absolute atomic E-state index is 7.92. The van der Waals surface area contributed by atoms with Crippen molar-refractivity contribution in [3.8, 4) is 0 Å². The Morgan fingerprint density at radius 3 is 1.57 bits per heavy atom. The summed E-state index contributed by atoms with van der Waals surface area (Å²) in [6.07, 6.45) is 1.59. The van der Waals surface area contributed by atoms with E-state index in [4.69, 9.17) is 28.7 Å². The molecular formula is C64H46BClN6O2. The van der Waals surface area contributed by atoms with E-state index in [9.17, 15) is 0 Å². The summed E-state index contributed by atoms with van der Waals surface area (Å²) in [4.78, 5) is 17.4. The highest BCUT2D eigenvalue weighted by atomic mass is 35.5. The highest BCUT2D eigenvalue weighted by molar-refractivity contribution is 6.99. The second-order valence-electron chi connectivity index (χ2n) is 17.9. The van der Waals surface area contributed by atoms with Gasteiger partial charge >= 0.3 is 0 Å². The minimum Gasteiger partial charge on any atom is -0.450 e. The van der Waals surface area contributed by atoms with Gasteiger partial charge in [0.1, 0.15) is 11.9 Å². The Morgan fingerprint density at radius 1 is 0.459 bits per heavy atom. The summed E-state index contributed by atoms with van der Waals surface area (Å²) in [5.74, 6) is 0. The zero-order valence-corrected chi connectivity index (χ0v) is 40.3. The minimum absolute atomic E-state index is 0.0199. The Morgan fingerprint density at radius 2 is 0.946 bits per heavy atom. The summed E-state index contributed by atoms with van der Waals surface area (Å²) < 4.78 is 59.4. The van der Waals surface area contributed by atoms with Crippen LogP contribution in [0, 0.1) is 13.7 Å². The lowest BCUT2D eigenvalue weighted by atomic mass is 9.35. The maximum atomic E-state index is 7.92. The molecule has 0 radical (unpaired) electrons. The number of hydrogen-bond acceptors (Lipinski definition) is 8. The predicted octanol–water partition coefficient (Wildman–Crippen LogP) is 15.9. The Bertz CT molecular complexity index is 4190. The van der Waals surface area contributed by atoms with Gasteiger partial charge in [-0.05, 0) is 140 Å². The molecule has 4 aromatic heterocycles. The molecule has 0 unspecified atom stereocenters. The van der Waals surface area contributed by atoms with Crippen LogP contribution in [0.2, 0.25) is 5.02 Å². The van der Waals surface area contributed by atoms with E-state index in [1.165, 1.54) is 6.07 Å². The van der Waals surface area contributed by atoms with E-state index >= 15 is 0 Å². The molecule has 8 aromatic carbocycles. The van der Waals surface area contributed by atoms with Gasteiger partial charge in [-0.25, -0.2) is 9.97 Å². The number of pyridine rings is 2. The summed E-state index contributed by atoms with van der Waals surface area (Å²) in [5, 5.41) is 1.98. The molecule has 0 aliphatic carbocycles. The van der Waals surface area contributed by atoms with Crippen molar-refractivity contribution in [1.82, 2.24) is 9.97 Å². The van der Waals surface area contributed by atoms with Gasteiger partial charge in [-0.15, -0.1) is 0 Å². The van der Waals surface area contributed by atoms with Crippen LogP contribution in [-0.4, -0.2) is 16.7 Å². The van der Waals surface area contributed by atoms with Crippen molar-refractivity contribution in [2.75, 3.05) is 19.6 Å². The molecule has 0 saturated heterocycles. The average molecular weight is 983 g/mol. The first-order valence-corrected chi connectivity index (χ1v) is 24.6. The van der Waals surface area contributed by atoms with Crippen molar-refractivity contribution in [2.24, 2.45) is 0 Å². The van der Waals surface area contributed by atoms with Crippen LogP contribution >= 0.6 is 11.6 Å². The van der Waals surface area contributed by atoms with Gasteiger partial charge in [0.15, 0.2) is 0 Å². The van der Waals surface area contributed by atoms with E-state index in [2.05, 4.69) is 104 Å². The fraction of sp³-hybridized carbons (Fsp3) is 0.0312. The molecule has 12 aromatic rings. The first-order valence-electron chi connectivity index (χ1n) is 27.2. The van der Waals surface area contributed by atoms with Crippen molar-refractivity contribution in [3.05, 3.63) is 259 Å². The summed E-state index contributed by atoms with van der Waals surface area (Å²) in [5.41, 5.74) is 14.8. The highest BCUT2D eigenvalue weighted by Gasteiger charge is 2.46. The number of para-hydroxylation sites is 6. The van der Waals surface area contributed by atoms with Gasteiger partial charge < -0.3 is 28.4 Å². The van der Waals surface area contributed by atoms with Crippen LogP contribution in [0.25, 0.3) is 22.2 Å². The molecule has 0 atom stereocenters. The number of halogens is 1. The number of nitrogens with zero attached hydrogens (tertiary/aromatic N) is 6. The number of fused-ring (bicyclic) bond motifs is 7. The predicted molar refractivity (Wildman–Crippen MR) is 306 cm³/mol. The van der Waals surface area contributed by atoms with Crippen LogP contribution in [0.3, 0.4) is 0 Å². The first-order chi connectivity index (χ1) is 38.9. The number of rotatable bonds is 8. The third kappa shape index (κ3) is 7.64. The maximum Gasteiger partial charge on any atom is 0.297 e. The van der Waals surface area contributed by atoms with E-state index in [0.717, 1.165) is 84.5 Å². The van der Waals surface area contributed by atoms with Gasteiger partial charge in [-0.2, -0.15) is 0 Å². The van der Waals surface area contributed by atoms with Crippen LogP contribution < -0.4 is 36.2 Å². The Kier molecular flexibility index (Phi) is 9.70. The normalized spacial score (nSPS) is 13.7. The summed E-state index contributed by atoms with van der Waals surface area (Å²) in [7, 11) is 0. The number of aromatic nitrogens is 2. The van der Waals surface area contributed by atoms with Crippen LogP contribution in [0.1, 0.15) is 19.6 Å². The lowest BCUT2D eigenvalue weighted by molar-refractivity contribution is 0.602. The standard InChI is InChI=1S/C32H22BN3O.C32H24ClN3O/c1-21-19-20-24-30-31(37-32(24)34-21)33-25-15-8-9-16-26(25)35(22-11-4-2-5-12-22)27-17-10-18-28(29(27)33)36(30)23-13-6-3-7-14-23;1-23-20-21-27-30(22-37-32(27)34-23)36(26-16-9-4-10-17-26)29-19-11-18-28(31(29)33)35(24-12-5-2-6-13-24)25-14-7-3-8-15-25/h2-20H,1H3;2-22H,1H3/i2*1D3. The van der Waals surface area contributed by atoms with Gasteiger partial charge in [0, 0.05) is 65.1 Å². The number of hydrogen-bond donors (Lipinski definition) is 0. The molecule has 0 amide bonds. The molecule has 0 fully saturated rings. The first kappa shape index (κ1) is 38.4. The molecule has 6 heterocycles. The lowest BCUT2D eigenvalue weighted by Gasteiger charge is -2.42. The molecule has 14 rings (SSSR count). The topological polar surface area (TPSA) is 65.0 Å². The molecule has 10 heteroatoms. The van der Waals surface area contributed by atoms with Crippen molar-refractivity contribution in [3.63, 3.8) is 0 Å². The van der Waals surface area contributed by atoms with Crippen LogP contribution in [-0.2, 0) is 0 Å². The fourth-order valence-corrected chi connectivity index (χ4v) is 10.7. The highest BCUT2D eigenvalue weighted by Crippen LogP contribution is 2.49. The minimum atomic E-state index is -2.34. The Balaban J connectivity index is 0.000000151. The van der Waals surface area contributed by atoms with E-state index in [1.54, 1.807) is 18.4 Å². The average Bonchev–Trinajstić information content (AvgIpc) is 4.16. The van der Waals surface area contributed by atoms with Crippen LogP contribution in [0.4, 0.5) is 68.2 Å². The van der Waals surface area contributed by atoms with Crippen molar-refractivity contribution < 1.29 is 17.1 Å². The Hall–Kier alpha value is -9.31. The SMILES string of the molecule is [2H]C([2H])([2H])c1ccc2c(N(c3ccccc3)c3cccc(N(c4ccccc4)c4ccccc4)c3Cl)coc2n1.[2H]C([2H])([2H])c1ccc2c3c(oc2n1)B1c2ccccc2N(c2ccccc2)c2cccc(c21)N3c1ccccc1. The summed E-state index contributed by atoms with van der Waals surface area (Å²) >= 11 is 7.30. The second-order valence-corrected chi connectivity index (χ2v) is 18.2. The smallest absolute Gasteiger partial charge is 0.297 e. The van der Waals surface area contributed by atoms with Gasteiger partial charge in [0.25, 0.3) is 6.71 Å². The van der Waals surface area contributed by atoms with E-state index in [-0.39, 0.29) is 23.8 Å². The van der Waals surface area contributed by atoms with Gasteiger partial charge in [0.05, 0.1) is 38.5 Å². The quantitative estimate of drug-likeness (QED) is 0.140. The number of anilines is 12. The molecular weight excluding hydrogens is 931 g/mol. The number of benzene rings is 8. The molecule has 0 spiro atoms. The molecule has 2 aliphatic rings. The second kappa shape index (κ2) is 18.7. The lowest BCUT2D eigenvalue weighted by Crippen LogP contribution is -2.60. The molecule has 0 saturated carbocycles. The van der Waals surface area contributed by atoms with Gasteiger partial charge in [-0.1, -0.05) is 133 Å². The zero-order valence-electron chi connectivity index (χ0n) is 45.5. The van der Waals surface area contributed by atoms with E-state index < -0.39 is 13.7 Å². The van der Waals surface area contributed by atoms with Crippen molar-refractivity contribution in [2.45, 2.75) is 13.7 Å². The zero-order chi connectivity index (χ0) is 54.7.